The van der Waals surface area contributed by atoms with Crippen LogP contribution < -0.4 is 5.73 Å². The Morgan fingerprint density at radius 1 is 1.17 bits per heavy atom. The topological polar surface area (TPSA) is 29.3 Å². The van der Waals surface area contributed by atoms with Crippen molar-refractivity contribution in [2.45, 2.75) is 25.4 Å². The number of nitrogen functional groups attached to an aromatic ring is 1. The second kappa shape index (κ2) is 4.80. The first-order valence-electron chi connectivity index (χ1n) is 5.66. The van der Waals surface area contributed by atoms with Crippen molar-refractivity contribution in [3.05, 3.63) is 29.3 Å². The van der Waals surface area contributed by atoms with E-state index in [1.807, 2.05) is 32.8 Å². The summed E-state index contributed by atoms with van der Waals surface area (Å²) in [7, 11) is 3.84. The molecule has 1 aromatic rings. The molecule has 1 rings (SSSR count). The number of hydrogen-bond acceptors (Lipinski definition) is 2. The highest BCUT2D eigenvalue weighted by atomic mass is 19.4. The first kappa shape index (κ1) is 14.8. The standard InChI is InChI=1S/C13H19F3N2/c1-12(2,8-18(3)4)10-6-5-9(7-11(10)17)13(14,15)16/h5-7H,8,17H2,1-4H3. The Balaban J connectivity index is 3.13. The van der Waals surface area contributed by atoms with E-state index in [1.165, 1.54) is 6.07 Å². The second-order valence-electron chi connectivity index (χ2n) is 5.42. The van der Waals surface area contributed by atoms with Gasteiger partial charge in [-0.05, 0) is 31.8 Å². The minimum Gasteiger partial charge on any atom is -0.398 e. The maximum absolute atomic E-state index is 12.5. The van der Waals surface area contributed by atoms with Crippen LogP contribution in [0.4, 0.5) is 18.9 Å². The summed E-state index contributed by atoms with van der Waals surface area (Å²) in [4.78, 5) is 1.98. The van der Waals surface area contributed by atoms with Gasteiger partial charge < -0.3 is 10.6 Å². The normalized spacial score (nSPS) is 13.1. The third-order valence-corrected chi connectivity index (χ3v) is 2.82. The largest absolute Gasteiger partial charge is 0.416 e. The summed E-state index contributed by atoms with van der Waals surface area (Å²) in [5.74, 6) is 0. The van der Waals surface area contributed by atoms with E-state index >= 15 is 0 Å². The maximum atomic E-state index is 12.5. The summed E-state index contributed by atoms with van der Waals surface area (Å²) >= 11 is 0. The number of nitrogens with two attached hydrogens (primary N) is 1. The van der Waals surface area contributed by atoms with Crippen LogP contribution in [0.1, 0.15) is 25.0 Å². The molecule has 2 nitrogen and oxygen atoms in total. The number of benzene rings is 1. The lowest BCUT2D eigenvalue weighted by Gasteiger charge is -2.30. The molecule has 0 saturated heterocycles. The molecular formula is C13H19F3N2. The van der Waals surface area contributed by atoms with Crippen LogP contribution in [-0.2, 0) is 11.6 Å². The number of halogens is 3. The Bertz CT molecular complexity index is 423. The molecule has 18 heavy (non-hydrogen) atoms. The number of anilines is 1. The van der Waals surface area contributed by atoms with Crippen molar-refractivity contribution < 1.29 is 13.2 Å². The van der Waals surface area contributed by atoms with Gasteiger partial charge in [-0.1, -0.05) is 19.9 Å². The highest BCUT2D eigenvalue weighted by Gasteiger charge is 2.32. The van der Waals surface area contributed by atoms with Crippen molar-refractivity contribution in [3.63, 3.8) is 0 Å². The van der Waals surface area contributed by atoms with Crippen LogP contribution in [0.5, 0.6) is 0 Å². The van der Waals surface area contributed by atoms with Crippen molar-refractivity contribution in [1.82, 2.24) is 4.90 Å². The molecule has 0 fully saturated rings. The predicted octanol–water partition coefficient (Wildman–Crippen LogP) is 3.13. The molecule has 0 atom stereocenters. The van der Waals surface area contributed by atoms with Crippen molar-refractivity contribution in [1.29, 1.82) is 0 Å². The molecule has 1 aromatic carbocycles. The molecular weight excluding hydrogens is 241 g/mol. The number of nitrogens with zero attached hydrogens (tertiary/aromatic N) is 1. The molecule has 0 heterocycles. The average Bonchev–Trinajstić information content (AvgIpc) is 2.13. The molecule has 0 spiro atoms. The smallest absolute Gasteiger partial charge is 0.398 e. The summed E-state index contributed by atoms with van der Waals surface area (Å²) in [6.07, 6.45) is -4.35. The van der Waals surface area contributed by atoms with Crippen LogP contribution in [0.2, 0.25) is 0 Å². The van der Waals surface area contributed by atoms with Gasteiger partial charge in [0.2, 0.25) is 0 Å². The van der Waals surface area contributed by atoms with Gasteiger partial charge in [0.1, 0.15) is 0 Å². The van der Waals surface area contributed by atoms with Crippen molar-refractivity contribution in [2.24, 2.45) is 0 Å². The lowest BCUT2D eigenvalue weighted by atomic mass is 9.82. The van der Waals surface area contributed by atoms with Gasteiger partial charge in [0, 0.05) is 17.6 Å². The molecule has 2 N–H and O–H groups in total. The Morgan fingerprint density at radius 3 is 2.11 bits per heavy atom. The second-order valence-corrected chi connectivity index (χ2v) is 5.42. The Hall–Kier alpha value is -1.23. The molecule has 0 aliphatic heterocycles. The van der Waals surface area contributed by atoms with E-state index < -0.39 is 11.7 Å². The van der Waals surface area contributed by atoms with Gasteiger partial charge in [0.15, 0.2) is 0 Å². The molecule has 0 radical (unpaired) electrons. The molecule has 0 amide bonds. The van der Waals surface area contributed by atoms with E-state index in [1.54, 1.807) is 0 Å². The fourth-order valence-electron chi connectivity index (χ4n) is 2.23. The zero-order chi connectivity index (χ0) is 14.1. The van der Waals surface area contributed by atoms with Gasteiger partial charge in [0.05, 0.1) is 5.56 Å². The molecule has 0 aromatic heterocycles. The number of alkyl halides is 3. The monoisotopic (exact) mass is 260 g/mol. The number of rotatable bonds is 3. The van der Waals surface area contributed by atoms with E-state index in [0.29, 0.717) is 6.54 Å². The number of likely N-dealkylation sites (N-methyl/N-ethyl adjacent to an activating group) is 1. The Labute approximate surface area is 106 Å². The summed E-state index contributed by atoms with van der Waals surface area (Å²) in [6.45, 7) is 4.64. The third-order valence-electron chi connectivity index (χ3n) is 2.82. The average molecular weight is 260 g/mol. The Morgan fingerprint density at radius 2 is 1.72 bits per heavy atom. The van der Waals surface area contributed by atoms with Gasteiger partial charge in [-0.3, -0.25) is 0 Å². The van der Waals surface area contributed by atoms with Crippen LogP contribution >= 0.6 is 0 Å². The first-order chi connectivity index (χ1) is 8.04. The van der Waals surface area contributed by atoms with E-state index in [9.17, 15) is 13.2 Å². The minimum atomic E-state index is -4.35. The van der Waals surface area contributed by atoms with Crippen LogP contribution in [-0.4, -0.2) is 25.5 Å². The van der Waals surface area contributed by atoms with Crippen LogP contribution in [0, 0.1) is 0 Å². The number of hydrogen-bond donors (Lipinski definition) is 1. The molecule has 0 bridgehead atoms. The lowest BCUT2D eigenvalue weighted by molar-refractivity contribution is -0.137. The highest BCUT2D eigenvalue weighted by Crippen LogP contribution is 2.35. The first-order valence-corrected chi connectivity index (χ1v) is 5.66. The third kappa shape index (κ3) is 3.38. The molecule has 0 unspecified atom stereocenters. The van der Waals surface area contributed by atoms with E-state index in [4.69, 9.17) is 5.73 Å². The van der Waals surface area contributed by atoms with Crippen LogP contribution in [0.25, 0.3) is 0 Å². The van der Waals surface area contributed by atoms with Gasteiger partial charge in [-0.25, -0.2) is 0 Å². The zero-order valence-electron chi connectivity index (χ0n) is 11.1. The summed E-state index contributed by atoms with van der Waals surface area (Å²) in [6, 6.07) is 3.57. The van der Waals surface area contributed by atoms with Crippen molar-refractivity contribution >= 4 is 5.69 Å². The Kier molecular flexibility index (Phi) is 3.96. The van der Waals surface area contributed by atoms with Gasteiger partial charge in [0.25, 0.3) is 0 Å². The fraction of sp³-hybridized carbons (Fsp3) is 0.538. The van der Waals surface area contributed by atoms with Crippen LogP contribution in [0.3, 0.4) is 0 Å². The summed E-state index contributed by atoms with van der Waals surface area (Å²) in [5, 5.41) is 0. The molecule has 0 aliphatic carbocycles. The van der Waals surface area contributed by atoms with Gasteiger partial charge in [-0.2, -0.15) is 13.2 Å². The summed E-state index contributed by atoms with van der Waals surface area (Å²) < 4.78 is 37.6. The minimum absolute atomic E-state index is 0.191. The molecule has 102 valence electrons. The highest BCUT2D eigenvalue weighted by molar-refractivity contribution is 5.53. The fourth-order valence-corrected chi connectivity index (χ4v) is 2.23. The molecule has 5 heteroatoms. The van der Waals surface area contributed by atoms with E-state index in [2.05, 4.69) is 0 Å². The van der Waals surface area contributed by atoms with Crippen LogP contribution in [0.15, 0.2) is 18.2 Å². The maximum Gasteiger partial charge on any atom is 0.416 e. The lowest BCUT2D eigenvalue weighted by Crippen LogP contribution is -2.33. The molecule has 0 saturated carbocycles. The van der Waals surface area contributed by atoms with Crippen molar-refractivity contribution in [3.8, 4) is 0 Å². The quantitative estimate of drug-likeness (QED) is 0.846. The van der Waals surface area contributed by atoms with E-state index in [0.717, 1.165) is 17.7 Å². The predicted molar refractivity (Wildman–Crippen MR) is 67.4 cm³/mol. The van der Waals surface area contributed by atoms with E-state index in [-0.39, 0.29) is 11.1 Å². The van der Waals surface area contributed by atoms with Gasteiger partial charge >= 0.3 is 6.18 Å². The van der Waals surface area contributed by atoms with Gasteiger partial charge in [-0.15, -0.1) is 0 Å². The zero-order valence-corrected chi connectivity index (χ0v) is 11.1. The summed E-state index contributed by atoms with van der Waals surface area (Å²) in [5.41, 5.74) is 5.69. The van der Waals surface area contributed by atoms with Crippen molar-refractivity contribution in [2.75, 3.05) is 26.4 Å². The molecule has 0 aliphatic rings. The SMILES string of the molecule is CN(C)CC(C)(C)c1ccc(C(F)(F)F)cc1N.